The molecule has 0 saturated carbocycles. The number of aromatic nitrogens is 1. The van der Waals surface area contributed by atoms with Crippen molar-refractivity contribution in [3.63, 3.8) is 0 Å². The molecule has 0 atom stereocenters. The average Bonchev–Trinajstić information content (AvgIpc) is 3.17. The van der Waals surface area contributed by atoms with Crippen molar-refractivity contribution in [3.8, 4) is 10.6 Å². The number of aryl methyl sites for hydroxylation is 1. The fraction of sp³-hybridized carbons (Fsp3) is 0.227. The fourth-order valence-corrected chi connectivity index (χ4v) is 4.22. The summed E-state index contributed by atoms with van der Waals surface area (Å²) in [7, 11) is -0.296. The maximum Gasteiger partial charge on any atom is 0.493 e. The summed E-state index contributed by atoms with van der Waals surface area (Å²) >= 11 is 7.33. The summed E-state index contributed by atoms with van der Waals surface area (Å²) < 4.78 is 11.2. The number of Topliss-reactive ketones (excluding diaryl/α,β-unsaturated/α-hetero) is 1. The Bertz CT molecular complexity index is 1050. The van der Waals surface area contributed by atoms with Crippen molar-refractivity contribution in [2.75, 3.05) is 19.8 Å². The molecule has 1 aromatic heterocycles. The zero-order valence-corrected chi connectivity index (χ0v) is 18.1. The van der Waals surface area contributed by atoms with Crippen molar-refractivity contribution in [1.82, 2.24) is 4.98 Å². The van der Waals surface area contributed by atoms with E-state index in [1.165, 1.54) is 11.3 Å². The molecular weight excluding hydrogens is 419 g/mol. The highest BCUT2D eigenvalue weighted by molar-refractivity contribution is 7.17. The Kier molecular flexibility index (Phi) is 6.74. The number of carbonyl (C=O) groups is 1. The SMILES string of the molecule is Cc1nc(-c2ccc(Cl)cc2)sc1C(=O)CN=Cc1ccc(B2OCCCO2)cc1. The molecule has 0 bridgehead atoms. The van der Waals surface area contributed by atoms with E-state index in [1.807, 2.05) is 55.5 Å². The first-order chi connectivity index (χ1) is 14.6. The second kappa shape index (κ2) is 9.66. The molecule has 0 radical (unpaired) electrons. The summed E-state index contributed by atoms with van der Waals surface area (Å²) in [4.78, 5) is 22.1. The van der Waals surface area contributed by atoms with Crippen LogP contribution < -0.4 is 5.46 Å². The highest BCUT2D eigenvalue weighted by atomic mass is 35.5. The summed E-state index contributed by atoms with van der Waals surface area (Å²) in [5.74, 6) is -0.0397. The summed E-state index contributed by atoms with van der Waals surface area (Å²) in [6, 6.07) is 15.3. The second-order valence-corrected chi connectivity index (χ2v) is 8.36. The van der Waals surface area contributed by atoms with E-state index in [0.29, 0.717) is 23.1 Å². The molecule has 0 amide bonds. The van der Waals surface area contributed by atoms with E-state index >= 15 is 0 Å². The Balaban J connectivity index is 1.38. The molecule has 0 unspecified atom stereocenters. The van der Waals surface area contributed by atoms with Crippen molar-refractivity contribution >= 4 is 47.5 Å². The maximum atomic E-state index is 12.6. The number of ketones is 1. The van der Waals surface area contributed by atoms with Crippen LogP contribution >= 0.6 is 22.9 Å². The molecule has 1 aliphatic heterocycles. The lowest BCUT2D eigenvalue weighted by molar-refractivity contribution is 0.100. The van der Waals surface area contributed by atoms with Gasteiger partial charge in [-0.2, -0.15) is 0 Å². The van der Waals surface area contributed by atoms with Crippen LogP contribution in [0.25, 0.3) is 10.6 Å². The minimum absolute atomic E-state index is 0.0397. The third-order valence-electron chi connectivity index (χ3n) is 4.65. The molecule has 5 nitrogen and oxygen atoms in total. The summed E-state index contributed by atoms with van der Waals surface area (Å²) in [6.07, 6.45) is 2.64. The van der Waals surface area contributed by atoms with Gasteiger partial charge in [0.15, 0.2) is 5.78 Å². The Morgan fingerprint density at radius 1 is 1.17 bits per heavy atom. The summed E-state index contributed by atoms with van der Waals surface area (Å²) in [5.41, 5.74) is 3.58. The van der Waals surface area contributed by atoms with E-state index in [9.17, 15) is 4.79 Å². The first-order valence-electron chi connectivity index (χ1n) is 9.70. The maximum absolute atomic E-state index is 12.6. The number of nitrogens with zero attached hydrogens (tertiary/aromatic N) is 2. The van der Waals surface area contributed by atoms with Crippen LogP contribution in [0.15, 0.2) is 53.5 Å². The van der Waals surface area contributed by atoms with Crippen molar-refractivity contribution in [2.45, 2.75) is 13.3 Å². The molecule has 0 aliphatic carbocycles. The van der Waals surface area contributed by atoms with E-state index in [1.54, 1.807) is 6.21 Å². The van der Waals surface area contributed by atoms with E-state index < -0.39 is 0 Å². The quantitative estimate of drug-likeness (QED) is 0.329. The third-order valence-corrected chi connectivity index (χ3v) is 6.15. The van der Waals surface area contributed by atoms with Gasteiger partial charge >= 0.3 is 7.12 Å². The Labute approximate surface area is 184 Å². The van der Waals surface area contributed by atoms with Crippen molar-refractivity contribution in [1.29, 1.82) is 0 Å². The highest BCUT2D eigenvalue weighted by Crippen LogP contribution is 2.29. The molecule has 4 rings (SSSR count). The molecule has 152 valence electrons. The fourth-order valence-electron chi connectivity index (χ4n) is 3.10. The lowest BCUT2D eigenvalue weighted by Crippen LogP contribution is -2.40. The van der Waals surface area contributed by atoms with Crippen LogP contribution in [0.5, 0.6) is 0 Å². The second-order valence-electron chi connectivity index (χ2n) is 6.93. The van der Waals surface area contributed by atoms with Crippen LogP contribution in [0.3, 0.4) is 0 Å². The van der Waals surface area contributed by atoms with Gasteiger partial charge < -0.3 is 9.31 Å². The zero-order valence-electron chi connectivity index (χ0n) is 16.5. The first kappa shape index (κ1) is 20.9. The standard InChI is InChI=1S/C22H20BClN2O3S/c1-15-21(30-22(26-15)17-5-9-19(24)10-6-17)20(27)14-25-13-16-3-7-18(8-4-16)23-28-11-2-12-29-23/h3-10,13H,2,11-12,14H2,1H3. The van der Waals surface area contributed by atoms with Crippen molar-refractivity contribution in [3.05, 3.63) is 69.7 Å². The average molecular weight is 439 g/mol. The Morgan fingerprint density at radius 2 is 1.87 bits per heavy atom. The lowest BCUT2D eigenvalue weighted by atomic mass is 9.78. The number of carbonyl (C=O) groups excluding carboxylic acids is 1. The van der Waals surface area contributed by atoms with Crippen LogP contribution in [0, 0.1) is 6.92 Å². The minimum Gasteiger partial charge on any atom is -0.407 e. The topological polar surface area (TPSA) is 60.8 Å². The van der Waals surface area contributed by atoms with Gasteiger partial charge in [-0.25, -0.2) is 4.98 Å². The number of thiazole rings is 1. The van der Waals surface area contributed by atoms with Gasteiger partial charge in [0.05, 0.1) is 10.6 Å². The van der Waals surface area contributed by atoms with Crippen LogP contribution in [0.2, 0.25) is 5.02 Å². The minimum atomic E-state index is -0.296. The van der Waals surface area contributed by atoms with Crippen LogP contribution in [-0.2, 0) is 9.31 Å². The number of aliphatic imine (C=N–C) groups is 1. The predicted molar refractivity (Wildman–Crippen MR) is 122 cm³/mol. The largest absolute Gasteiger partial charge is 0.493 e. The molecule has 8 heteroatoms. The number of halogens is 1. The van der Waals surface area contributed by atoms with Gasteiger partial charge in [-0.1, -0.05) is 48.0 Å². The molecule has 0 N–H and O–H groups in total. The van der Waals surface area contributed by atoms with Gasteiger partial charge in [-0.05, 0) is 36.5 Å². The molecule has 2 heterocycles. The van der Waals surface area contributed by atoms with Gasteiger partial charge in [0.1, 0.15) is 11.6 Å². The van der Waals surface area contributed by atoms with Gasteiger partial charge in [-0.15, -0.1) is 11.3 Å². The smallest absolute Gasteiger partial charge is 0.407 e. The zero-order chi connectivity index (χ0) is 20.9. The van der Waals surface area contributed by atoms with E-state index in [0.717, 1.165) is 33.7 Å². The monoisotopic (exact) mass is 438 g/mol. The summed E-state index contributed by atoms with van der Waals surface area (Å²) in [5, 5.41) is 1.48. The first-order valence-corrected chi connectivity index (χ1v) is 10.9. The van der Waals surface area contributed by atoms with Crippen LogP contribution in [0.1, 0.15) is 27.3 Å². The molecule has 30 heavy (non-hydrogen) atoms. The lowest BCUT2D eigenvalue weighted by Gasteiger charge is -2.19. The predicted octanol–water partition coefficient (Wildman–Crippen LogP) is 4.21. The van der Waals surface area contributed by atoms with E-state index in [2.05, 4.69) is 9.98 Å². The number of hydrogen-bond acceptors (Lipinski definition) is 6. The van der Waals surface area contributed by atoms with Crippen LogP contribution in [-0.4, -0.2) is 43.9 Å². The molecule has 1 saturated heterocycles. The third kappa shape index (κ3) is 5.05. The van der Waals surface area contributed by atoms with Gasteiger partial charge in [0.25, 0.3) is 0 Å². The molecule has 0 spiro atoms. The molecular formula is C22H20BClN2O3S. The highest BCUT2D eigenvalue weighted by Gasteiger charge is 2.23. The Morgan fingerprint density at radius 3 is 2.57 bits per heavy atom. The van der Waals surface area contributed by atoms with E-state index in [-0.39, 0.29) is 19.4 Å². The number of benzene rings is 2. The van der Waals surface area contributed by atoms with E-state index in [4.69, 9.17) is 20.9 Å². The van der Waals surface area contributed by atoms with Gasteiger partial charge in [0, 0.05) is 30.0 Å². The number of rotatable bonds is 6. The molecule has 1 aliphatic rings. The normalized spacial score (nSPS) is 14.4. The van der Waals surface area contributed by atoms with Gasteiger partial charge in [0.2, 0.25) is 0 Å². The molecule has 2 aromatic carbocycles. The van der Waals surface area contributed by atoms with Crippen molar-refractivity contribution < 1.29 is 14.1 Å². The van der Waals surface area contributed by atoms with Gasteiger partial charge in [-0.3, -0.25) is 9.79 Å². The number of hydrogen-bond donors (Lipinski definition) is 0. The molecule has 3 aromatic rings. The van der Waals surface area contributed by atoms with Crippen molar-refractivity contribution in [2.24, 2.45) is 4.99 Å². The summed E-state index contributed by atoms with van der Waals surface area (Å²) in [6.45, 7) is 3.36. The Hall–Kier alpha value is -2.32. The van der Waals surface area contributed by atoms with Crippen LogP contribution in [0.4, 0.5) is 0 Å². The molecule has 1 fully saturated rings.